The zero-order valence-electron chi connectivity index (χ0n) is 10.2. The number of carbonyl (C=O) groups excluding carboxylic acids is 1. The van der Waals surface area contributed by atoms with Gasteiger partial charge in [-0.25, -0.2) is 0 Å². The molecule has 3 heteroatoms. The van der Waals surface area contributed by atoms with Crippen LogP contribution in [0.15, 0.2) is 18.2 Å². The number of rotatable bonds is 5. The van der Waals surface area contributed by atoms with E-state index in [-0.39, 0.29) is 11.9 Å². The van der Waals surface area contributed by atoms with Crippen LogP contribution in [0.2, 0.25) is 0 Å². The van der Waals surface area contributed by atoms with Crippen LogP contribution in [-0.2, 0) is 4.74 Å². The van der Waals surface area contributed by atoms with Crippen molar-refractivity contribution in [3.05, 3.63) is 29.3 Å². The molecule has 0 spiro atoms. The lowest BCUT2D eigenvalue weighted by Gasteiger charge is -2.16. The van der Waals surface area contributed by atoms with Gasteiger partial charge in [-0.2, -0.15) is 0 Å². The van der Waals surface area contributed by atoms with Crippen molar-refractivity contribution < 1.29 is 14.3 Å². The Morgan fingerprint density at radius 1 is 1.44 bits per heavy atom. The molecule has 0 heterocycles. The van der Waals surface area contributed by atoms with Crippen molar-refractivity contribution in [3.63, 3.8) is 0 Å². The number of hydrogen-bond donors (Lipinski definition) is 0. The van der Waals surface area contributed by atoms with E-state index in [9.17, 15) is 4.79 Å². The third kappa shape index (κ3) is 3.35. The number of ether oxygens (including phenoxy) is 2. The smallest absolute Gasteiger partial charge is 0.163 e. The number of Topliss-reactive ketones (excluding diaryl/α,β-unsaturated/α-hetero) is 1. The van der Waals surface area contributed by atoms with E-state index >= 15 is 0 Å². The van der Waals surface area contributed by atoms with Crippen LogP contribution in [0.4, 0.5) is 0 Å². The molecule has 0 saturated carbocycles. The third-order valence-corrected chi connectivity index (χ3v) is 2.25. The van der Waals surface area contributed by atoms with Crippen LogP contribution in [0, 0.1) is 6.92 Å². The third-order valence-electron chi connectivity index (χ3n) is 2.25. The molecule has 0 aliphatic rings. The summed E-state index contributed by atoms with van der Waals surface area (Å²) in [5.41, 5.74) is 1.69. The Morgan fingerprint density at radius 3 is 2.69 bits per heavy atom. The summed E-state index contributed by atoms with van der Waals surface area (Å²) in [6.45, 7) is 5.93. The summed E-state index contributed by atoms with van der Waals surface area (Å²) >= 11 is 0. The highest BCUT2D eigenvalue weighted by atomic mass is 16.5. The van der Waals surface area contributed by atoms with Crippen LogP contribution < -0.4 is 4.74 Å². The Labute approximate surface area is 96.4 Å². The van der Waals surface area contributed by atoms with Gasteiger partial charge in [0.25, 0.3) is 0 Å². The van der Waals surface area contributed by atoms with Gasteiger partial charge in [-0.05, 0) is 38.5 Å². The Hall–Kier alpha value is -1.35. The van der Waals surface area contributed by atoms with Crippen LogP contribution in [-0.4, -0.2) is 25.6 Å². The maximum atomic E-state index is 11.4. The molecule has 1 rings (SSSR count). The average Bonchev–Trinajstić information content (AvgIpc) is 2.17. The molecule has 0 radical (unpaired) electrons. The lowest BCUT2D eigenvalue weighted by Crippen LogP contribution is -2.19. The van der Waals surface area contributed by atoms with Crippen LogP contribution in [0.25, 0.3) is 0 Å². The molecule has 1 aromatic carbocycles. The molecule has 1 aromatic rings. The van der Waals surface area contributed by atoms with Crippen molar-refractivity contribution >= 4 is 5.78 Å². The first-order valence-corrected chi connectivity index (χ1v) is 5.31. The van der Waals surface area contributed by atoms with Gasteiger partial charge in [-0.3, -0.25) is 4.79 Å². The molecule has 16 heavy (non-hydrogen) atoms. The first-order valence-electron chi connectivity index (χ1n) is 5.31. The van der Waals surface area contributed by atoms with E-state index in [1.54, 1.807) is 20.1 Å². The number of benzene rings is 1. The maximum absolute atomic E-state index is 11.4. The van der Waals surface area contributed by atoms with Gasteiger partial charge in [0.05, 0.1) is 12.2 Å². The molecule has 0 aliphatic heterocycles. The van der Waals surface area contributed by atoms with Crippen LogP contribution in [0.3, 0.4) is 0 Å². The van der Waals surface area contributed by atoms with E-state index in [1.165, 1.54) is 0 Å². The van der Waals surface area contributed by atoms with Crippen molar-refractivity contribution in [1.29, 1.82) is 0 Å². The van der Waals surface area contributed by atoms with E-state index in [2.05, 4.69) is 0 Å². The summed E-state index contributed by atoms with van der Waals surface area (Å²) in [6, 6.07) is 5.58. The van der Waals surface area contributed by atoms with E-state index in [0.717, 1.165) is 5.56 Å². The Bertz CT molecular complexity index is 371. The Balaban J connectivity index is 2.92. The van der Waals surface area contributed by atoms with Gasteiger partial charge in [0, 0.05) is 7.11 Å². The molecule has 0 bridgehead atoms. The molecule has 0 saturated heterocycles. The van der Waals surface area contributed by atoms with Crippen LogP contribution in [0.1, 0.15) is 29.8 Å². The fourth-order valence-corrected chi connectivity index (χ4v) is 1.50. The zero-order valence-corrected chi connectivity index (χ0v) is 10.2. The normalized spacial score (nSPS) is 12.2. The largest absolute Gasteiger partial charge is 0.488 e. The van der Waals surface area contributed by atoms with Gasteiger partial charge >= 0.3 is 0 Å². The van der Waals surface area contributed by atoms with E-state index < -0.39 is 0 Å². The maximum Gasteiger partial charge on any atom is 0.163 e. The topological polar surface area (TPSA) is 35.5 Å². The molecular formula is C13H18O3. The average molecular weight is 222 g/mol. The first-order chi connectivity index (χ1) is 7.54. The second-order valence-corrected chi connectivity index (χ2v) is 3.94. The second-order valence-electron chi connectivity index (χ2n) is 3.94. The molecule has 0 aliphatic carbocycles. The second kappa shape index (κ2) is 5.66. The minimum atomic E-state index is -0.0649. The number of carbonyl (C=O) groups is 1. The van der Waals surface area contributed by atoms with Gasteiger partial charge in [-0.1, -0.05) is 6.07 Å². The fraction of sp³-hybridized carbons (Fsp3) is 0.462. The molecule has 0 N–H and O–H groups in total. The van der Waals surface area contributed by atoms with Gasteiger partial charge < -0.3 is 9.47 Å². The highest BCUT2D eigenvalue weighted by Gasteiger charge is 2.11. The summed E-state index contributed by atoms with van der Waals surface area (Å²) in [7, 11) is 1.63. The van der Waals surface area contributed by atoms with Crippen molar-refractivity contribution in [2.45, 2.75) is 26.9 Å². The highest BCUT2D eigenvalue weighted by Crippen LogP contribution is 2.22. The molecule has 1 atom stereocenters. The zero-order chi connectivity index (χ0) is 12.1. The molecule has 3 nitrogen and oxygen atoms in total. The Morgan fingerprint density at radius 2 is 2.12 bits per heavy atom. The fourth-order valence-electron chi connectivity index (χ4n) is 1.50. The number of ketones is 1. The van der Waals surface area contributed by atoms with Crippen LogP contribution in [0.5, 0.6) is 5.75 Å². The number of methoxy groups -OCH3 is 1. The summed E-state index contributed by atoms with van der Waals surface area (Å²) in [6.07, 6.45) is -0.0649. The summed E-state index contributed by atoms with van der Waals surface area (Å²) in [4.78, 5) is 11.4. The predicted molar refractivity (Wildman–Crippen MR) is 63.1 cm³/mol. The van der Waals surface area contributed by atoms with Gasteiger partial charge in [-0.15, -0.1) is 0 Å². The Kier molecular flexibility index (Phi) is 4.50. The van der Waals surface area contributed by atoms with Crippen molar-refractivity contribution in [3.8, 4) is 5.75 Å². The standard InChI is InChI=1S/C13H18O3/c1-9-5-6-12(11(3)14)13(7-9)16-10(2)8-15-4/h5-7,10H,8H2,1-4H3. The van der Waals surface area contributed by atoms with E-state index in [0.29, 0.717) is 17.9 Å². The predicted octanol–water partition coefficient (Wildman–Crippen LogP) is 2.61. The summed E-state index contributed by atoms with van der Waals surface area (Å²) in [5.74, 6) is 0.650. The van der Waals surface area contributed by atoms with Crippen molar-refractivity contribution in [2.24, 2.45) is 0 Å². The molecule has 88 valence electrons. The molecule has 1 unspecified atom stereocenters. The van der Waals surface area contributed by atoms with Crippen molar-refractivity contribution in [1.82, 2.24) is 0 Å². The lowest BCUT2D eigenvalue weighted by molar-refractivity contribution is 0.0889. The molecule has 0 amide bonds. The summed E-state index contributed by atoms with van der Waals surface area (Å²) in [5, 5.41) is 0. The van der Waals surface area contributed by atoms with Gasteiger partial charge in [0.2, 0.25) is 0 Å². The van der Waals surface area contributed by atoms with E-state index in [1.807, 2.05) is 26.0 Å². The SMILES string of the molecule is COCC(C)Oc1cc(C)ccc1C(C)=O. The minimum Gasteiger partial charge on any atom is -0.488 e. The quantitative estimate of drug-likeness (QED) is 0.718. The number of hydrogen-bond acceptors (Lipinski definition) is 3. The molecule has 0 aromatic heterocycles. The lowest BCUT2D eigenvalue weighted by atomic mass is 10.1. The first kappa shape index (κ1) is 12.7. The van der Waals surface area contributed by atoms with Crippen LogP contribution >= 0.6 is 0 Å². The highest BCUT2D eigenvalue weighted by molar-refractivity contribution is 5.96. The van der Waals surface area contributed by atoms with E-state index in [4.69, 9.17) is 9.47 Å². The van der Waals surface area contributed by atoms with Crippen molar-refractivity contribution in [2.75, 3.05) is 13.7 Å². The molecular weight excluding hydrogens is 204 g/mol. The van der Waals surface area contributed by atoms with Gasteiger partial charge in [0.1, 0.15) is 11.9 Å². The minimum absolute atomic E-state index is 0.0135. The summed E-state index contributed by atoms with van der Waals surface area (Å²) < 4.78 is 10.7. The number of aryl methyl sites for hydroxylation is 1. The molecule has 0 fully saturated rings. The van der Waals surface area contributed by atoms with Gasteiger partial charge in [0.15, 0.2) is 5.78 Å². The monoisotopic (exact) mass is 222 g/mol.